The van der Waals surface area contributed by atoms with Gasteiger partial charge in [0.1, 0.15) is 0 Å². The van der Waals surface area contributed by atoms with Crippen LogP contribution in [0.25, 0.3) is 0 Å². The lowest BCUT2D eigenvalue weighted by atomic mass is 10.2. The van der Waals surface area contributed by atoms with Crippen LogP contribution in [0.5, 0.6) is 0 Å². The van der Waals surface area contributed by atoms with Crippen LogP contribution < -0.4 is 5.32 Å². The second-order valence-electron chi connectivity index (χ2n) is 3.19. The Morgan fingerprint density at radius 3 is 2.69 bits per heavy atom. The van der Waals surface area contributed by atoms with Gasteiger partial charge in [-0.05, 0) is 12.1 Å². The molecule has 0 saturated carbocycles. The van der Waals surface area contributed by atoms with Crippen molar-refractivity contribution in [2.45, 2.75) is 6.92 Å². The lowest BCUT2D eigenvalue weighted by molar-refractivity contribution is -0.140. The summed E-state index contributed by atoms with van der Waals surface area (Å²) in [6.45, 7) is 1.54. The average molecular weight is 244 g/mol. The van der Waals surface area contributed by atoms with Gasteiger partial charge in [-0.2, -0.15) is 0 Å². The highest BCUT2D eigenvalue weighted by molar-refractivity contribution is 6.29. The molecule has 2 N–H and O–H groups in total. The van der Waals surface area contributed by atoms with Crippen molar-refractivity contribution >= 4 is 23.5 Å². The number of carbonyl (C=O) groups excluding carboxylic acids is 1. The van der Waals surface area contributed by atoms with E-state index in [2.05, 4.69) is 15.5 Å². The van der Waals surface area contributed by atoms with Gasteiger partial charge in [-0.25, -0.2) is 0 Å². The number of carboxylic acids is 1. The monoisotopic (exact) mass is 243 g/mol. The van der Waals surface area contributed by atoms with E-state index >= 15 is 0 Å². The molecule has 1 unspecified atom stereocenters. The standard InChI is InChI=1S/C9H10ClN3O3/c1-5(9(15)16)4-11-8(14)6-2-3-7(10)13-12-6/h2-3,5H,4H2,1H3,(H,11,14)(H,15,16). The molecular formula is C9H10ClN3O3. The van der Waals surface area contributed by atoms with Crippen LogP contribution in [0.3, 0.4) is 0 Å². The summed E-state index contributed by atoms with van der Waals surface area (Å²) in [5.74, 6) is -2.09. The average Bonchev–Trinajstić information content (AvgIpc) is 2.26. The Hall–Kier alpha value is -1.69. The van der Waals surface area contributed by atoms with Crippen LogP contribution >= 0.6 is 11.6 Å². The highest BCUT2D eigenvalue weighted by Gasteiger charge is 2.13. The number of rotatable bonds is 4. The summed E-state index contributed by atoms with van der Waals surface area (Å²) >= 11 is 5.50. The highest BCUT2D eigenvalue weighted by atomic mass is 35.5. The molecule has 0 aliphatic heterocycles. The SMILES string of the molecule is CC(CNC(=O)c1ccc(Cl)nn1)C(=O)O. The van der Waals surface area contributed by atoms with E-state index in [4.69, 9.17) is 16.7 Å². The fraction of sp³-hybridized carbons (Fsp3) is 0.333. The lowest BCUT2D eigenvalue weighted by Gasteiger charge is -2.07. The minimum Gasteiger partial charge on any atom is -0.481 e. The van der Waals surface area contributed by atoms with Crippen molar-refractivity contribution in [2.75, 3.05) is 6.54 Å². The Morgan fingerprint density at radius 2 is 2.19 bits per heavy atom. The largest absolute Gasteiger partial charge is 0.481 e. The summed E-state index contributed by atoms with van der Waals surface area (Å²) < 4.78 is 0. The molecule has 1 aromatic rings. The summed E-state index contributed by atoms with van der Waals surface area (Å²) in [5, 5.41) is 18.3. The van der Waals surface area contributed by atoms with E-state index in [-0.39, 0.29) is 17.4 Å². The van der Waals surface area contributed by atoms with Crippen LogP contribution in [0.2, 0.25) is 5.15 Å². The van der Waals surface area contributed by atoms with Gasteiger partial charge in [0.15, 0.2) is 10.8 Å². The van der Waals surface area contributed by atoms with Crippen molar-refractivity contribution in [1.82, 2.24) is 15.5 Å². The van der Waals surface area contributed by atoms with Crippen molar-refractivity contribution < 1.29 is 14.7 Å². The van der Waals surface area contributed by atoms with E-state index in [9.17, 15) is 9.59 Å². The zero-order valence-corrected chi connectivity index (χ0v) is 9.23. The molecule has 0 spiro atoms. The van der Waals surface area contributed by atoms with E-state index in [1.54, 1.807) is 0 Å². The van der Waals surface area contributed by atoms with Crippen LogP contribution in [-0.2, 0) is 4.79 Å². The Morgan fingerprint density at radius 1 is 1.50 bits per heavy atom. The zero-order valence-electron chi connectivity index (χ0n) is 8.48. The molecule has 86 valence electrons. The number of aliphatic carboxylic acids is 1. The van der Waals surface area contributed by atoms with Crippen LogP contribution in [0.15, 0.2) is 12.1 Å². The fourth-order valence-corrected chi connectivity index (χ4v) is 0.962. The predicted octanol–water partition coefficient (Wildman–Crippen LogP) is 0.581. The van der Waals surface area contributed by atoms with E-state index in [0.29, 0.717) is 0 Å². The van der Waals surface area contributed by atoms with Gasteiger partial charge in [-0.15, -0.1) is 10.2 Å². The Bertz CT molecular complexity index is 393. The molecule has 0 aromatic carbocycles. The Labute approximate surface area is 96.6 Å². The smallest absolute Gasteiger partial charge is 0.308 e. The molecule has 1 amide bonds. The maximum atomic E-state index is 11.4. The first-order valence-electron chi connectivity index (χ1n) is 4.51. The van der Waals surface area contributed by atoms with Crippen molar-refractivity contribution in [2.24, 2.45) is 5.92 Å². The Balaban J connectivity index is 2.53. The molecule has 1 aromatic heterocycles. The summed E-state index contributed by atoms with van der Waals surface area (Å²) in [4.78, 5) is 21.9. The number of hydrogen-bond acceptors (Lipinski definition) is 4. The molecule has 6 nitrogen and oxygen atoms in total. The van der Waals surface area contributed by atoms with Crippen molar-refractivity contribution in [3.63, 3.8) is 0 Å². The molecule has 1 rings (SSSR count). The second-order valence-corrected chi connectivity index (χ2v) is 3.58. The van der Waals surface area contributed by atoms with Gasteiger partial charge in [0.05, 0.1) is 5.92 Å². The first kappa shape index (κ1) is 12.4. The third-order valence-electron chi connectivity index (χ3n) is 1.86. The van der Waals surface area contributed by atoms with Gasteiger partial charge >= 0.3 is 5.97 Å². The molecule has 0 aliphatic carbocycles. The molecular weight excluding hydrogens is 234 g/mol. The van der Waals surface area contributed by atoms with E-state index in [1.165, 1.54) is 19.1 Å². The zero-order chi connectivity index (χ0) is 12.1. The maximum absolute atomic E-state index is 11.4. The molecule has 0 bridgehead atoms. The van der Waals surface area contributed by atoms with Gasteiger partial charge in [0.25, 0.3) is 5.91 Å². The first-order chi connectivity index (χ1) is 7.50. The highest BCUT2D eigenvalue weighted by Crippen LogP contribution is 2.02. The molecule has 0 radical (unpaired) electrons. The van der Waals surface area contributed by atoms with Crippen LogP contribution in [0.1, 0.15) is 17.4 Å². The maximum Gasteiger partial charge on any atom is 0.308 e. The summed E-state index contributed by atoms with van der Waals surface area (Å²) in [6.07, 6.45) is 0. The van der Waals surface area contributed by atoms with Gasteiger partial charge in [-0.3, -0.25) is 9.59 Å². The number of halogens is 1. The van der Waals surface area contributed by atoms with Crippen LogP contribution in [0, 0.1) is 5.92 Å². The summed E-state index contributed by atoms with van der Waals surface area (Å²) in [5.41, 5.74) is 0.0991. The van der Waals surface area contributed by atoms with Gasteiger partial charge in [0.2, 0.25) is 0 Å². The number of hydrogen-bond donors (Lipinski definition) is 2. The number of amides is 1. The number of nitrogens with one attached hydrogen (secondary N) is 1. The quantitative estimate of drug-likeness (QED) is 0.807. The van der Waals surface area contributed by atoms with Crippen molar-refractivity contribution in [1.29, 1.82) is 0 Å². The number of carboxylic acid groups (broad SMARTS) is 1. The Kier molecular flexibility index (Phi) is 4.19. The number of carbonyl (C=O) groups is 2. The second kappa shape index (κ2) is 5.41. The van der Waals surface area contributed by atoms with Gasteiger partial charge in [-0.1, -0.05) is 18.5 Å². The molecule has 0 fully saturated rings. The topological polar surface area (TPSA) is 92.2 Å². The molecule has 1 atom stereocenters. The predicted molar refractivity (Wildman–Crippen MR) is 56.2 cm³/mol. The van der Waals surface area contributed by atoms with Gasteiger partial charge in [0, 0.05) is 6.54 Å². The van der Waals surface area contributed by atoms with Crippen molar-refractivity contribution in [3.05, 3.63) is 23.0 Å². The summed E-state index contributed by atoms with van der Waals surface area (Å²) in [7, 11) is 0. The molecule has 16 heavy (non-hydrogen) atoms. The van der Waals surface area contributed by atoms with Gasteiger partial charge < -0.3 is 10.4 Å². The minimum absolute atomic E-state index is 0.0402. The third kappa shape index (κ3) is 3.47. The van der Waals surface area contributed by atoms with E-state index in [0.717, 1.165) is 0 Å². The van der Waals surface area contributed by atoms with Crippen LogP contribution in [-0.4, -0.2) is 33.7 Å². The minimum atomic E-state index is -0.970. The molecule has 7 heteroatoms. The summed E-state index contributed by atoms with van der Waals surface area (Å²) in [6, 6.07) is 2.85. The first-order valence-corrected chi connectivity index (χ1v) is 4.88. The fourth-order valence-electron chi connectivity index (χ4n) is 0.861. The number of aromatic nitrogens is 2. The lowest BCUT2D eigenvalue weighted by Crippen LogP contribution is -2.32. The molecule has 0 aliphatic rings. The van der Waals surface area contributed by atoms with Crippen molar-refractivity contribution in [3.8, 4) is 0 Å². The molecule has 0 saturated heterocycles. The molecule has 1 heterocycles. The van der Waals surface area contributed by atoms with Crippen LogP contribution in [0.4, 0.5) is 0 Å². The van der Waals surface area contributed by atoms with E-state index in [1.807, 2.05) is 0 Å². The third-order valence-corrected chi connectivity index (χ3v) is 2.06. The number of nitrogens with zero attached hydrogens (tertiary/aromatic N) is 2. The normalized spacial score (nSPS) is 11.9. The van der Waals surface area contributed by atoms with E-state index < -0.39 is 17.8 Å².